The number of carbonyl (C=O) groups excluding carboxylic acids is 1. The van der Waals surface area contributed by atoms with Crippen molar-refractivity contribution in [3.05, 3.63) is 54.1 Å². The topological polar surface area (TPSA) is 68.1 Å². The zero-order valence-electron chi connectivity index (χ0n) is 22.1. The highest BCUT2D eigenvalue weighted by atomic mass is 16.6. The molecule has 2 aromatic rings. The van der Waals surface area contributed by atoms with Gasteiger partial charge in [-0.2, -0.15) is 0 Å². The van der Waals surface area contributed by atoms with Crippen molar-refractivity contribution in [2.45, 2.75) is 96.8 Å². The quantitative estimate of drug-likeness (QED) is 0.113. The number of benzene rings is 2. The van der Waals surface area contributed by atoms with Crippen LogP contribution in [-0.4, -0.2) is 30.5 Å². The van der Waals surface area contributed by atoms with E-state index in [4.69, 9.17) is 9.47 Å². The van der Waals surface area contributed by atoms with E-state index in [2.05, 4.69) is 11.9 Å². The van der Waals surface area contributed by atoms with Crippen LogP contribution in [0.4, 0.5) is 5.69 Å². The SMILES string of the molecule is CCCCCCCCCCCCCCCCOC(=O)COc1ccc(C=Nc2ccc(O)cc2)cc1. The molecule has 0 aliphatic rings. The van der Waals surface area contributed by atoms with Gasteiger partial charge in [0.15, 0.2) is 6.61 Å². The maximum absolute atomic E-state index is 11.9. The van der Waals surface area contributed by atoms with Crippen LogP contribution in [0.25, 0.3) is 0 Å². The molecule has 1 N–H and O–H groups in total. The van der Waals surface area contributed by atoms with Crippen LogP contribution in [0.2, 0.25) is 0 Å². The van der Waals surface area contributed by atoms with Crippen molar-refractivity contribution in [2.75, 3.05) is 13.2 Å². The molecule has 5 heteroatoms. The summed E-state index contributed by atoms with van der Waals surface area (Å²) in [6, 6.07) is 14.0. The summed E-state index contributed by atoms with van der Waals surface area (Å²) in [7, 11) is 0. The minimum Gasteiger partial charge on any atom is -0.508 e. The van der Waals surface area contributed by atoms with Gasteiger partial charge in [-0.15, -0.1) is 0 Å². The van der Waals surface area contributed by atoms with Gasteiger partial charge in [0.05, 0.1) is 12.3 Å². The summed E-state index contributed by atoms with van der Waals surface area (Å²) in [5.74, 6) is 0.501. The van der Waals surface area contributed by atoms with Crippen LogP contribution in [0.3, 0.4) is 0 Å². The first-order valence-electron chi connectivity index (χ1n) is 13.9. The molecule has 0 amide bonds. The van der Waals surface area contributed by atoms with Gasteiger partial charge in [0, 0.05) is 6.21 Å². The molecule has 5 nitrogen and oxygen atoms in total. The normalized spacial score (nSPS) is 11.1. The molecule has 0 heterocycles. The molecule has 0 saturated heterocycles. The third-order valence-corrected chi connectivity index (χ3v) is 6.21. The molecule has 0 unspecified atom stereocenters. The fourth-order valence-electron chi connectivity index (χ4n) is 4.00. The monoisotopic (exact) mass is 495 g/mol. The van der Waals surface area contributed by atoms with Gasteiger partial charge >= 0.3 is 5.97 Å². The molecule has 0 radical (unpaired) electrons. The van der Waals surface area contributed by atoms with E-state index in [1.54, 1.807) is 42.6 Å². The Labute approximate surface area is 218 Å². The molecule has 0 fully saturated rings. The van der Waals surface area contributed by atoms with Gasteiger partial charge in [-0.1, -0.05) is 90.4 Å². The molecule has 0 atom stereocenters. The van der Waals surface area contributed by atoms with Crippen LogP contribution in [0.15, 0.2) is 53.5 Å². The number of ether oxygens (including phenoxy) is 2. The van der Waals surface area contributed by atoms with E-state index in [1.807, 2.05) is 12.1 Å². The number of unbranched alkanes of at least 4 members (excludes halogenated alkanes) is 13. The largest absolute Gasteiger partial charge is 0.508 e. The zero-order valence-corrected chi connectivity index (χ0v) is 22.1. The smallest absolute Gasteiger partial charge is 0.344 e. The van der Waals surface area contributed by atoms with E-state index >= 15 is 0 Å². The number of phenolic OH excluding ortho intramolecular Hbond substituents is 1. The van der Waals surface area contributed by atoms with Gasteiger partial charge in [0.25, 0.3) is 0 Å². The average molecular weight is 496 g/mol. The first kappa shape index (κ1) is 29.4. The summed E-state index contributed by atoms with van der Waals surface area (Å²) in [6.07, 6.45) is 20.1. The van der Waals surface area contributed by atoms with Gasteiger partial charge in [-0.3, -0.25) is 4.99 Å². The molecular formula is C31H45NO4. The van der Waals surface area contributed by atoms with Gasteiger partial charge in [0.2, 0.25) is 0 Å². The van der Waals surface area contributed by atoms with Crippen molar-refractivity contribution in [3.8, 4) is 11.5 Å². The molecule has 198 valence electrons. The Kier molecular flexibility index (Phi) is 15.8. The Morgan fingerprint density at radius 2 is 1.28 bits per heavy atom. The molecule has 0 aliphatic carbocycles. The fourth-order valence-corrected chi connectivity index (χ4v) is 4.00. The summed E-state index contributed by atoms with van der Waals surface area (Å²) in [6.45, 7) is 2.65. The first-order chi connectivity index (χ1) is 17.7. The van der Waals surface area contributed by atoms with E-state index in [-0.39, 0.29) is 18.3 Å². The fraction of sp³-hybridized carbons (Fsp3) is 0.548. The highest BCUT2D eigenvalue weighted by Crippen LogP contribution is 2.17. The van der Waals surface area contributed by atoms with Crippen molar-refractivity contribution >= 4 is 17.9 Å². The van der Waals surface area contributed by atoms with Gasteiger partial charge in [-0.25, -0.2) is 4.79 Å². The van der Waals surface area contributed by atoms with Crippen LogP contribution in [-0.2, 0) is 9.53 Å². The molecule has 0 saturated carbocycles. The second kappa shape index (κ2) is 19.4. The highest BCUT2D eigenvalue weighted by Gasteiger charge is 2.04. The maximum Gasteiger partial charge on any atom is 0.344 e. The number of phenols is 1. The Balaban J connectivity index is 1.42. The number of aromatic hydroxyl groups is 1. The molecule has 0 bridgehead atoms. The van der Waals surface area contributed by atoms with Crippen molar-refractivity contribution in [1.29, 1.82) is 0 Å². The predicted molar refractivity (Wildman–Crippen MR) is 149 cm³/mol. The molecule has 2 aromatic carbocycles. The van der Waals surface area contributed by atoms with Gasteiger partial charge in [0.1, 0.15) is 11.5 Å². The molecule has 0 aromatic heterocycles. The Hall–Kier alpha value is -2.82. The lowest BCUT2D eigenvalue weighted by Gasteiger charge is -2.07. The van der Waals surface area contributed by atoms with Crippen molar-refractivity contribution in [1.82, 2.24) is 0 Å². The third kappa shape index (κ3) is 14.6. The third-order valence-electron chi connectivity index (χ3n) is 6.21. The Morgan fingerprint density at radius 3 is 1.83 bits per heavy atom. The Morgan fingerprint density at radius 1 is 0.750 bits per heavy atom. The molecular weight excluding hydrogens is 450 g/mol. The van der Waals surface area contributed by atoms with Crippen molar-refractivity contribution in [2.24, 2.45) is 4.99 Å². The molecule has 36 heavy (non-hydrogen) atoms. The lowest BCUT2D eigenvalue weighted by atomic mass is 10.0. The lowest BCUT2D eigenvalue weighted by molar-refractivity contribution is -0.146. The van der Waals surface area contributed by atoms with E-state index < -0.39 is 0 Å². The number of rotatable bonds is 20. The number of aliphatic imine (C=N–C) groups is 1. The van der Waals surface area contributed by atoms with Crippen LogP contribution < -0.4 is 4.74 Å². The highest BCUT2D eigenvalue weighted by molar-refractivity contribution is 5.82. The first-order valence-corrected chi connectivity index (χ1v) is 13.9. The van der Waals surface area contributed by atoms with E-state index in [0.717, 1.165) is 24.1 Å². The number of hydrogen-bond acceptors (Lipinski definition) is 5. The lowest BCUT2D eigenvalue weighted by Crippen LogP contribution is -2.15. The minimum atomic E-state index is -0.331. The van der Waals surface area contributed by atoms with Crippen LogP contribution in [0.1, 0.15) is 102 Å². The predicted octanol–water partition coefficient (Wildman–Crippen LogP) is 8.55. The van der Waals surface area contributed by atoms with Crippen molar-refractivity contribution < 1.29 is 19.4 Å². The summed E-state index contributed by atoms with van der Waals surface area (Å²) in [5.41, 5.74) is 1.67. The van der Waals surface area contributed by atoms with E-state index in [1.165, 1.54) is 77.0 Å². The second-order valence-electron chi connectivity index (χ2n) is 9.45. The summed E-state index contributed by atoms with van der Waals surface area (Å²) >= 11 is 0. The van der Waals surface area contributed by atoms with Crippen LogP contribution >= 0.6 is 0 Å². The molecule has 2 rings (SSSR count). The van der Waals surface area contributed by atoms with Crippen molar-refractivity contribution in [3.63, 3.8) is 0 Å². The standard InChI is InChI=1S/C31H45NO4/c1-2-3-4-5-6-7-8-9-10-11-12-13-14-15-24-35-31(34)26-36-30-22-16-27(17-23-30)25-32-28-18-20-29(33)21-19-28/h16-23,25,33H,2-15,24,26H2,1H3. The second-order valence-corrected chi connectivity index (χ2v) is 9.45. The Bertz CT molecular complexity index is 846. The summed E-state index contributed by atoms with van der Waals surface area (Å²) < 4.78 is 10.8. The van der Waals surface area contributed by atoms with Gasteiger partial charge < -0.3 is 14.6 Å². The summed E-state index contributed by atoms with van der Waals surface area (Å²) in [4.78, 5) is 16.3. The summed E-state index contributed by atoms with van der Waals surface area (Å²) in [5, 5.41) is 9.31. The maximum atomic E-state index is 11.9. The number of nitrogens with zero attached hydrogens (tertiary/aromatic N) is 1. The molecule has 0 spiro atoms. The van der Waals surface area contributed by atoms with Crippen LogP contribution in [0.5, 0.6) is 11.5 Å². The van der Waals surface area contributed by atoms with E-state index in [9.17, 15) is 9.90 Å². The number of esters is 1. The molecule has 0 aliphatic heterocycles. The number of carbonyl (C=O) groups is 1. The van der Waals surface area contributed by atoms with E-state index in [0.29, 0.717) is 12.4 Å². The van der Waals surface area contributed by atoms with Crippen LogP contribution in [0, 0.1) is 0 Å². The minimum absolute atomic E-state index is 0.0838. The zero-order chi connectivity index (χ0) is 25.7. The van der Waals surface area contributed by atoms with Gasteiger partial charge in [-0.05, 0) is 60.5 Å². The average Bonchev–Trinajstić information content (AvgIpc) is 2.90. The number of hydrogen-bond donors (Lipinski definition) is 1.